The van der Waals surface area contributed by atoms with E-state index in [0.717, 1.165) is 5.82 Å². The van der Waals surface area contributed by atoms with Crippen LogP contribution in [0.2, 0.25) is 0 Å². The van der Waals surface area contributed by atoms with Crippen molar-refractivity contribution in [2.75, 3.05) is 39.5 Å². The molecular formula is C13H23N5O3. The van der Waals surface area contributed by atoms with E-state index in [4.69, 9.17) is 9.47 Å². The first-order chi connectivity index (χ1) is 10.2. The van der Waals surface area contributed by atoms with E-state index in [0.29, 0.717) is 45.9 Å². The van der Waals surface area contributed by atoms with E-state index in [1.165, 1.54) is 0 Å². The number of rotatable bonds is 6. The Labute approximate surface area is 124 Å². The quantitative estimate of drug-likeness (QED) is 0.787. The molecule has 21 heavy (non-hydrogen) atoms. The largest absolute Gasteiger partial charge is 0.379 e. The number of amides is 2. The van der Waals surface area contributed by atoms with Crippen molar-refractivity contribution in [3.8, 4) is 0 Å². The number of hydrogen-bond acceptors (Lipinski definition) is 5. The first-order valence-corrected chi connectivity index (χ1v) is 7.25. The van der Waals surface area contributed by atoms with Crippen LogP contribution < -0.4 is 5.32 Å². The van der Waals surface area contributed by atoms with Crippen LogP contribution in [-0.4, -0.2) is 71.3 Å². The van der Waals surface area contributed by atoms with Crippen LogP contribution >= 0.6 is 0 Å². The molecule has 0 saturated carbocycles. The Morgan fingerprint density at radius 1 is 1.62 bits per heavy atom. The highest BCUT2D eigenvalue weighted by molar-refractivity contribution is 5.74. The van der Waals surface area contributed by atoms with Crippen LogP contribution in [0.3, 0.4) is 0 Å². The Morgan fingerprint density at radius 3 is 3.19 bits per heavy atom. The highest BCUT2D eigenvalue weighted by Crippen LogP contribution is 2.06. The van der Waals surface area contributed by atoms with Gasteiger partial charge >= 0.3 is 6.03 Å². The Balaban J connectivity index is 1.69. The molecule has 1 atom stereocenters. The molecule has 118 valence electrons. The highest BCUT2D eigenvalue weighted by atomic mass is 16.5. The second-order valence-electron chi connectivity index (χ2n) is 4.91. The Hall–Kier alpha value is -1.67. The average molecular weight is 297 g/mol. The van der Waals surface area contributed by atoms with Crippen LogP contribution in [0.25, 0.3) is 0 Å². The number of urea groups is 1. The van der Waals surface area contributed by atoms with Gasteiger partial charge in [-0.3, -0.25) is 4.68 Å². The lowest BCUT2D eigenvalue weighted by molar-refractivity contribution is -0.0566. The molecule has 2 amide bonds. The molecule has 1 fully saturated rings. The molecule has 0 radical (unpaired) electrons. The summed E-state index contributed by atoms with van der Waals surface area (Å²) in [5.41, 5.74) is 0. The summed E-state index contributed by atoms with van der Waals surface area (Å²) < 4.78 is 12.6. The first kappa shape index (κ1) is 15.7. The van der Waals surface area contributed by atoms with Gasteiger partial charge in [0.2, 0.25) is 0 Å². The maximum atomic E-state index is 12.1. The van der Waals surface area contributed by atoms with Gasteiger partial charge < -0.3 is 19.7 Å². The molecule has 1 aliphatic rings. The standard InChI is InChI=1S/C13H23N5O3/c1-3-20-9-11-8-18(6-7-21-11)13(19)14-5-4-12-15-10-17(2)16-12/h10-11H,3-9H2,1-2H3,(H,14,19). The van der Waals surface area contributed by atoms with Crippen molar-refractivity contribution in [3.63, 3.8) is 0 Å². The predicted octanol–water partition coefficient (Wildman–Crippen LogP) is -0.195. The van der Waals surface area contributed by atoms with E-state index in [1.54, 1.807) is 15.9 Å². The van der Waals surface area contributed by atoms with Gasteiger partial charge in [0.25, 0.3) is 0 Å². The van der Waals surface area contributed by atoms with E-state index in [-0.39, 0.29) is 12.1 Å². The molecule has 1 aromatic rings. The average Bonchev–Trinajstić information content (AvgIpc) is 2.91. The summed E-state index contributed by atoms with van der Waals surface area (Å²) in [4.78, 5) is 18.0. The van der Waals surface area contributed by atoms with Crippen molar-refractivity contribution in [3.05, 3.63) is 12.2 Å². The minimum atomic E-state index is -0.0734. The second kappa shape index (κ2) is 7.94. The number of ether oxygens (including phenoxy) is 2. The molecule has 0 aliphatic carbocycles. The smallest absolute Gasteiger partial charge is 0.317 e. The third kappa shape index (κ3) is 4.98. The van der Waals surface area contributed by atoms with E-state index in [1.807, 2.05) is 14.0 Å². The molecule has 1 unspecified atom stereocenters. The molecule has 0 bridgehead atoms. The van der Waals surface area contributed by atoms with Crippen LogP contribution in [-0.2, 0) is 22.9 Å². The fourth-order valence-corrected chi connectivity index (χ4v) is 2.15. The lowest BCUT2D eigenvalue weighted by Crippen LogP contribution is -2.51. The van der Waals surface area contributed by atoms with Gasteiger partial charge in [-0.25, -0.2) is 9.78 Å². The molecule has 1 N–H and O–H groups in total. The lowest BCUT2D eigenvalue weighted by atomic mass is 10.3. The van der Waals surface area contributed by atoms with Crippen LogP contribution in [0.5, 0.6) is 0 Å². The summed E-state index contributed by atoms with van der Waals surface area (Å²) in [6, 6.07) is -0.0734. The molecule has 2 rings (SSSR count). The van der Waals surface area contributed by atoms with E-state index >= 15 is 0 Å². The fraction of sp³-hybridized carbons (Fsp3) is 0.769. The number of hydrogen-bond donors (Lipinski definition) is 1. The Bertz CT molecular complexity index is 451. The Kier molecular flexibility index (Phi) is 5.94. The third-order valence-corrected chi connectivity index (χ3v) is 3.21. The van der Waals surface area contributed by atoms with Gasteiger partial charge in [-0.05, 0) is 6.92 Å². The van der Waals surface area contributed by atoms with Gasteiger partial charge in [-0.2, -0.15) is 5.10 Å². The van der Waals surface area contributed by atoms with Gasteiger partial charge in [0, 0.05) is 33.2 Å². The summed E-state index contributed by atoms with van der Waals surface area (Å²) in [7, 11) is 1.82. The molecule has 8 nitrogen and oxygen atoms in total. The van der Waals surface area contributed by atoms with Gasteiger partial charge in [-0.1, -0.05) is 0 Å². The van der Waals surface area contributed by atoms with Crippen LogP contribution in [0.15, 0.2) is 6.33 Å². The highest BCUT2D eigenvalue weighted by Gasteiger charge is 2.24. The van der Waals surface area contributed by atoms with Crippen LogP contribution in [0.1, 0.15) is 12.7 Å². The fourth-order valence-electron chi connectivity index (χ4n) is 2.15. The number of carbonyl (C=O) groups is 1. The topological polar surface area (TPSA) is 81.5 Å². The van der Waals surface area contributed by atoms with E-state index in [2.05, 4.69) is 15.4 Å². The summed E-state index contributed by atoms with van der Waals surface area (Å²) in [6.07, 6.45) is 2.23. The number of nitrogens with one attached hydrogen (secondary N) is 1. The summed E-state index contributed by atoms with van der Waals surface area (Å²) >= 11 is 0. The van der Waals surface area contributed by atoms with E-state index in [9.17, 15) is 4.79 Å². The lowest BCUT2D eigenvalue weighted by Gasteiger charge is -2.32. The number of morpholine rings is 1. The van der Waals surface area contributed by atoms with Gasteiger partial charge in [0.15, 0.2) is 5.82 Å². The normalized spacial score (nSPS) is 18.8. The zero-order valence-corrected chi connectivity index (χ0v) is 12.6. The zero-order chi connectivity index (χ0) is 15.1. The molecule has 1 aliphatic heterocycles. The second-order valence-corrected chi connectivity index (χ2v) is 4.91. The van der Waals surface area contributed by atoms with Crippen molar-refractivity contribution in [2.24, 2.45) is 7.05 Å². The summed E-state index contributed by atoms with van der Waals surface area (Å²) in [6.45, 7) is 5.37. The first-order valence-electron chi connectivity index (χ1n) is 7.25. The molecule has 0 aromatic carbocycles. The molecular weight excluding hydrogens is 274 g/mol. The van der Waals surface area contributed by atoms with Gasteiger partial charge in [0.05, 0.1) is 25.9 Å². The molecule has 0 spiro atoms. The number of nitrogens with zero attached hydrogens (tertiary/aromatic N) is 4. The van der Waals surface area contributed by atoms with Crippen molar-refractivity contribution < 1.29 is 14.3 Å². The monoisotopic (exact) mass is 297 g/mol. The van der Waals surface area contributed by atoms with Gasteiger partial charge in [0.1, 0.15) is 6.33 Å². The van der Waals surface area contributed by atoms with Crippen molar-refractivity contribution in [2.45, 2.75) is 19.4 Å². The van der Waals surface area contributed by atoms with Crippen molar-refractivity contribution >= 4 is 6.03 Å². The minimum Gasteiger partial charge on any atom is -0.379 e. The molecule has 1 saturated heterocycles. The maximum Gasteiger partial charge on any atom is 0.317 e. The summed E-state index contributed by atoms with van der Waals surface area (Å²) in [5.74, 6) is 0.731. The SMILES string of the molecule is CCOCC1CN(C(=O)NCCc2ncn(C)n2)CCO1. The zero-order valence-electron chi connectivity index (χ0n) is 12.6. The number of aryl methyl sites for hydroxylation is 1. The maximum absolute atomic E-state index is 12.1. The molecule has 1 aromatic heterocycles. The minimum absolute atomic E-state index is 0.0399. The third-order valence-electron chi connectivity index (χ3n) is 3.21. The van der Waals surface area contributed by atoms with Crippen LogP contribution in [0, 0.1) is 0 Å². The van der Waals surface area contributed by atoms with Crippen molar-refractivity contribution in [1.29, 1.82) is 0 Å². The summed E-state index contributed by atoms with van der Waals surface area (Å²) in [5, 5.41) is 7.06. The number of carbonyl (C=O) groups excluding carboxylic acids is 1. The van der Waals surface area contributed by atoms with Crippen LogP contribution in [0.4, 0.5) is 4.79 Å². The molecule has 2 heterocycles. The Morgan fingerprint density at radius 2 is 2.48 bits per heavy atom. The molecule has 8 heteroatoms. The van der Waals surface area contributed by atoms with Gasteiger partial charge in [-0.15, -0.1) is 0 Å². The van der Waals surface area contributed by atoms with E-state index < -0.39 is 0 Å². The van der Waals surface area contributed by atoms with Crippen molar-refractivity contribution in [1.82, 2.24) is 25.0 Å². The number of aromatic nitrogens is 3. The predicted molar refractivity (Wildman–Crippen MR) is 75.9 cm³/mol.